The Kier molecular flexibility index (Phi) is 5.60. The molecule has 0 N–H and O–H groups in total. The maximum Gasteiger partial charge on any atom is 0.253 e. The summed E-state index contributed by atoms with van der Waals surface area (Å²) in [6.07, 6.45) is 0. The Hall–Kier alpha value is -2.23. The standard InChI is InChI=1S/C19H21BrN4O3S/c1-22(2)19(25)13-9-10-16-15(11-13)21-18(24(16)4)12-23(3)28(26,27)17-8-6-5-7-14(17)20/h5-11H,12H2,1-4H3. The molecule has 28 heavy (non-hydrogen) atoms. The zero-order valence-electron chi connectivity index (χ0n) is 16.0. The van der Waals surface area contributed by atoms with Crippen molar-refractivity contribution in [3.05, 3.63) is 58.3 Å². The number of hydrogen-bond acceptors (Lipinski definition) is 4. The first-order valence-electron chi connectivity index (χ1n) is 8.51. The minimum atomic E-state index is -3.68. The first kappa shape index (κ1) is 20.5. The third kappa shape index (κ3) is 3.69. The Balaban J connectivity index is 1.95. The summed E-state index contributed by atoms with van der Waals surface area (Å²) >= 11 is 3.30. The maximum atomic E-state index is 12.9. The molecule has 1 heterocycles. The fourth-order valence-corrected chi connectivity index (χ4v) is 4.97. The molecule has 0 aliphatic heterocycles. The van der Waals surface area contributed by atoms with Crippen molar-refractivity contribution in [2.24, 2.45) is 7.05 Å². The molecule has 9 heteroatoms. The molecule has 3 aromatic rings. The average Bonchev–Trinajstić information content (AvgIpc) is 2.96. The number of aromatic nitrogens is 2. The van der Waals surface area contributed by atoms with Crippen LogP contribution >= 0.6 is 15.9 Å². The quantitative estimate of drug-likeness (QED) is 0.581. The van der Waals surface area contributed by atoms with Crippen LogP contribution in [0.3, 0.4) is 0 Å². The molecule has 1 aromatic heterocycles. The summed E-state index contributed by atoms with van der Waals surface area (Å²) in [5.41, 5.74) is 2.02. The van der Waals surface area contributed by atoms with E-state index in [-0.39, 0.29) is 17.3 Å². The summed E-state index contributed by atoms with van der Waals surface area (Å²) in [6, 6.07) is 12.0. The van der Waals surface area contributed by atoms with Crippen LogP contribution in [0.2, 0.25) is 0 Å². The molecule has 3 rings (SSSR count). The van der Waals surface area contributed by atoms with Crippen LogP contribution in [0.15, 0.2) is 51.8 Å². The molecular formula is C19H21BrN4O3S. The van der Waals surface area contributed by atoms with E-state index in [1.54, 1.807) is 50.5 Å². The molecular weight excluding hydrogens is 444 g/mol. The van der Waals surface area contributed by atoms with E-state index < -0.39 is 10.0 Å². The predicted molar refractivity (Wildman–Crippen MR) is 112 cm³/mol. The van der Waals surface area contributed by atoms with E-state index in [9.17, 15) is 13.2 Å². The van der Waals surface area contributed by atoms with Crippen molar-refractivity contribution in [1.82, 2.24) is 18.8 Å². The van der Waals surface area contributed by atoms with Crippen molar-refractivity contribution in [2.75, 3.05) is 21.1 Å². The van der Waals surface area contributed by atoms with Crippen LogP contribution in [0.25, 0.3) is 11.0 Å². The lowest BCUT2D eigenvalue weighted by atomic mass is 10.2. The molecule has 0 aliphatic rings. The normalized spacial score (nSPS) is 11.9. The number of carbonyl (C=O) groups excluding carboxylic acids is 1. The third-order valence-corrected chi connectivity index (χ3v) is 7.33. The van der Waals surface area contributed by atoms with Gasteiger partial charge >= 0.3 is 0 Å². The molecule has 7 nitrogen and oxygen atoms in total. The molecule has 1 amide bonds. The lowest BCUT2D eigenvalue weighted by Gasteiger charge is -2.17. The van der Waals surface area contributed by atoms with Gasteiger partial charge in [-0.25, -0.2) is 13.4 Å². The van der Waals surface area contributed by atoms with E-state index in [0.29, 0.717) is 21.4 Å². The second-order valence-electron chi connectivity index (χ2n) is 6.68. The molecule has 0 unspecified atom stereocenters. The number of carbonyl (C=O) groups is 1. The number of aryl methyl sites for hydroxylation is 1. The number of hydrogen-bond donors (Lipinski definition) is 0. The predicted octanol–water partition coefficient (Wildman–Crippen LogP) is 2.86. The van der Waals surface area contributed by atoms with Crippen molar-refractivity contribution in [3.8, 4) is 0 Å². The van der Waals surface area contributed by atoms with Gasteiger partial charge in [0.05, 0.1) is 22.5 Å². The zero-order valence-corrected chi connectivity index (χ0v) is 18.5. The zero-order chi connectivity index (χ0) is 20.6. The molecule has 0 saturated carbocycles. The van der Waals surface area contributed by atoms with Crippen molar-refractivity contribution in [1.29, 1.82) is 0 Å². The number of fused-ring (bicyclic) bond motifs is 1. The van der Waals surface area contributed by atoms with Crippen LogP contribution in [-0.4, -0.2) is 54.2 Å². The molecule has 0 bridgehead atoms. The SMILES string of the molecule is CN(C)C(=O)c1ccc2c(c1)nc(CN(C)S(=O)(=O)c1ccccc1Br)n2C. The van der Waals surface area contributed by atoms with Gasteiger partial charge in [-0.3, -0.25) is 4.79 Å². The van der Waals surface area contributed by atoms with Crippen LogP contribution in [0, 0.1) is 0 Å². The van der Waals surface area contributed by atoms with Gasteiger partial charge in [-0.05, 0) is 46.3 Å². The van der Waals surface area contributed by atoms with Gasteiger partial charge in [0, 0.05) is 38.2 Å². The monoisotopic (exact) mass is 464 g/mol. The first-order valence-corrected chi connectivity index (χ1v) is 10.7. The van der Waals surface area contributed by atoms with E-state index in [0.717, 1.165) is 5.52 Å². The van der Waals surface area contributed by atoms with E-state index in [4.69, 9.17) is 0 Å². The lowest BCUT2D eigenvalue weighted by Crippen LogP contribution is -2.28. The summed E-state index contributed by atoms with van der Waals surface area (Å²) in [7, 11) is 3.06. The van der Waals surface area contributed by atoms with Crippen molar-refractivity contribution >= 4 is 42.9 Å². The van der Waals surface area contributed by atoms with Gasteiger partial charge in [0.2, 0.25) is 10.0 Å². The largest absolute Gasteiger partial charge is 0.345 e. The number of benzene rings is 2. The molecule has 0 saturated heterocycles. The Bertz CT molecular complexity index is 1160. The van der Waals surface area contributed by atoms with Gasteiger partial charge in [0.1, 0.15) is 5.82 Å². The number of sulfonamides is 1. The third-order valence-electron chi connectivity index (χ3n) is 4.52. The molecule has 2 aromatic carbocycles. The Morgan fingerprint density at radius 2 is 1.82 bits per heavy atom. The highest BCUT2D eigenvalue weighted by atomic mass is 79.9. The average molecular weight is 465 g/mol. The second-order valence-corrected chi connectivity index (χ2v) is 9.55. The minimum absolute atomic E-state index is 0.103. The number of imidazole rings is 1. The summed E-state index contributed by atoms with van der Waals surface area (Å²) in [4.78, 5) is 18.4. The molecule has 0 fully saturated rings. The van der Waals surface area contributed by atoms with Gasteiger partial charge in [0.15, 0.2) is 0 Å². The van der Waals surface area contributed by atoms with Crippen molar-refractivity contribution in [3.63, 3.8) is 0 Å². The van der Waals surface area contributed by atoms with Gasteiger partial charge in [-0.1, -0.05) is 12.1 Å². The highest BCUT2D eigenvalue weighted by molar-refractivity contribution is 9.10. The van der Waals surface area contributed by atoms with Crippen molar-refractivity contribution < 1.29 is 13.2 Å². The summed E-state index contributed by atoms with van der Waals surface area (Å²) in [5, 5.41) is 0. The second kappa shape index (κ2) is 7.65. The first-order chi connectivity index (χ1) is 13.1. The Morgan fingerprint density at radius 1 is 1.14 bits per heavy atom. The fourth-order valence-electron chi connectivity index (χ4n) is 2.89. The molecule has 0 atom stereocenters. The van der Waals surface area contributed by atoms with Crippen LogP contribution in [0.4, 0.5) is 0 Å². The smallest absolute Gasteiger partial charge is 0.253 e. The van der Waals surface area contributed by atoms with E-state index in [1.807, 2.05) is 17.7 Å². The number of amides is 1. The molecule has 0 radical (unpaired) electrons. The van der Waals surface area contributed by atoms with Gasteiger partial charge in [-0.15, -0.1) is 0 Å². The minimum Gasteiger partial charge on any atom is -0.345 e. The van der Waals surface area contributed by atoms with Crippen LogP contribution < -0.4 is 0 Å². The lowest BCUT2D eigenvalue weighted by molar-refractivity contribution is 0.0827. The number of rotatable bonds is 5. The number of halogens is 1. The molecule has 0 aliphatic carbocycles. The molecule has 0 spiro atoms. The van der Waals surface area contributed by atoms with Gasteiger partial charge < -0.3 is 9.47 Å². The van der Waals surface area contributed by atoms with E-state index in [2.05, 4.69) is 20.9 Å². The number of nitrogens with zero attached hydrogens (tertiary/aromatic N) is 4. The Morgan fingerprint density at radius 3 is 2.46 bits per heavy atom. The van der Waals surface area contributed by atoms with Gasteiger partial charge in [0.25, 0.3) is 5.91 Å². The fraction of sp³-hybridized carbons (Fsp3) is 0.263. The summed E-state index contributed by atoms with van der Waals surface area (Å²) < 4.78 is 29.4. The Labute approximate surface area is 172 Å². The topological polar surface area (TPSA) is 75.5 Å². The maximum absolute atomic E-state index is 12.9. The van der Waals surface area contributed by atoms with Gasteiger partial charge in [-0.2, -0.15) is 4.31 Å². The van der Waals surface area contributed by atoms with Crippen LogP contribution in [-0.2, 0) is 23.6 Å². The highest BCUT2D eigenvalue weighted by Crippen LogP contribution is 2.25. The summed E-state index contributed by atoms with van der Waals surface area (Å²) in [5.74, 6) is 0.477. The highest BCUT2D eigenvalue weighted by Gasteiger charge is 2.25. The van der Waals surface area contributed by atoms with Crippen LogP contribution in [0.1, 0.15) is 16.2 Å². The van der Waals surface area contributed by atoms with Crippen molar-refractivity contribution in [2.45, 2.75) is 11.4 Å². The van der Waals surface area contributed by atoms with E-state index in [1.165, 1.54) is 16.3 Å². The molecule has 148 valence electrons. The van der Waals surface area contributed by atoms with E-state index >= 15 is 0 Å². The summed E-state index contributed by atoms with van der Waals surface area (Å²) in [6.45, 7) is 0.103. The van der Waals surface area contributed by atoms with Crippen LogP contribution in [0.5, 0.6) is 0 Å².